The van der Waals surface area contributed by atoms with Crippen molar-refractivity contribution in [2.75, 3.05) is 0 Å². The van der Waals surface area contributed by atoms with Crippen LogP contribution >= 0.6 is 22.7 Å². The lowest BCUT2D eigenvalue weighted by atomic mass is 9.81. The van der Waals surface area contributed by atoms with E-state index in [1.165, 1.54) is 33.4 Å². The third kappa shape index (κ3) is 3.72. The van der Waals surface area contributed by atoms with Crippen molar-refractivity contribution in [1.82, 2.24) is 19.9 Å². The quantitative estimate of drug-likeness (QED) is 0.237. The lowest BCUT2D eigenvalue weighted by molar-refractivity contribution is 0.661. The van der Waals surface area contributed by atoms with Crippen molar-refractivity contribution in [3.8, 4) is 54.5 Å². The van der Waals surface area contributed by atoms with E-state index in [1.807, 2.05) is 47.9 Å². The summed E-state index contributed by atoms with van der Waals surface area (Å²) in [6.07, 6.45) is 11.3. The van der Waals surface area contributed by atoms with E-state index in [9.17, 15) is 0 Å². The van der Waals surface area contributed by atoms with Crippen molar-refractivity contribution in [2.24, 2.45) is 0 Å². The second-order valence-electron chi connectivity index (χ2n) is 9.74. The zero-order valence-electron chi connectivity index (χ0n) is 20.3. The predicted octanol–water partition coefficient (Wildman–Crippen LogP) is 8.36. The Bertz CT molecular complexity index is 1620. The molecule has 4 aromatic heterocycles. The van der Waals surface area contributed by atoms with E-state index < -0.39 is 0 Å². The van der Waals surface area contributed by atoms with Crippen LogP contribution in [-0.4, -0.2) is 19.9 Å². The summed E-state index contributed by atoms with van der Waals surface area (Å²) in [6, 6.07) is 18.0. The van der Waals surface area contributed by atoms with E-state index >= 15 is 0 Å². The SMILES string of the molecule is CC1(C)c2cc(-c3cncc(-c4nccs4)c3)ccc2-c2ccc(-c3cncc(-c4nccs4)c3)cc21. The van der Waals surface area contributed by atoms with Gasteiger partial charge in [0.25, 0.3) is 0 Å². The third-order valence-electron chi connectivity index (χ3n) is 7.18. The second-order valence-corrected chi connectivity index (χ2v) is 11.5. The predicted molar refractivity (Wildman–Crippen MR) is 153 cm³/mol. The first-order valence-electron chi connectivity index (χ1n) is 12.1. The Labute approximate surface area is 223 Å². The fraction of sp³-hybridized carbons (Fsp3) is 0.0968. The van der Waals surface area contributed by atoms with Gasteiger partial charge in [0.1, 0.15) is 10.0 Å². The van der Waals surface area contributed by atoms with Crippen LogP contribution in [0.1, 0.15) is 25.0 Å². The van der Waals surface area contributed by atoms with Crippen LogP contribution in [0.3, 0.4) is 0 Å². The molecule has 7 rings (SSSR count). The molecule has 0 radical (unpaired) electrons. The highest BCUT2D eigenvalue weighted by Gasteiger charge is 2.36. The Balaban J connectivity index is 1.28. The van der Waals surface area contributed by atoms with Gasteiger partial charge in [0, 0.05) is 75.6 Å². The zero-order chi connectivity index (χ0) is 25.0. The van der Waals surface area contributed by atoms with Gasteiger partial charge in [0.05, 0.1) is 0 Å². The van der Waals surface area contributed by atoms with Crippen molar-refractivity contribution in [3.05, 3.63) is 108 Å². The number of hydrogen-bond acceptors (Lipinski definition) is 6. The number of aromatic nitrogens is 4. The van der Waals surface area contributed by atoms with Gasteiger partial charge in [0.15, 0.2) is 0 Å². The largest absolute Gasteiger partial charge is 0.263 e. The van der Waals surface area contributed by atoms with Crippen molar-refractivity contribution in [3.63, 3.8) is 0 Å². The van der Waals surface area contributed by atoms with Crippen LogP contribution in [-0.2, 0) is 5.41 Å². The molecule has 0 N–H and O–H groups in total. The molecule has 6 aromatic rings. The van der Waals surface area contributed by atoms with Gasteiger partial charge in [-0.2, -0.15) is 0 Å². The highest BCUT2D eigenvalue weighted by atomic mass is 32.1. The number of hydrogen-bond donors (Lipinski definition) is 0. The van der Waals surface area contributed by atoms with Crippen LogP contribution in [0, 0.1) is 0 Å². The molecule has 1 aliphatic carbocycles. The fourth-order valence-corrected chi connectivity index (χ4v) is 6.50. The minimum absolute atomic E-state index is 0.128. The van der Waals surface area contributed by atoms with Gasteiger partial charge >= 0.3 is 0 Å². The highest BCUT2D eigenvalue weighted by molar-refractivity contribution is 7.13. The summed E-state index contributed by atoms with van der Waals surface area (Å²) in [6.45, 7) is 4.64. The Morgan fingerprint density at radius 2 is 1.00 bits per heavy atom. The Kier molecular flexibility index (Phi) is 5.13. The molecule has 178 valence electrons. The summed E-state index contributed by atoms with van der Waals surface area (Å²) in [5, 5.41) is 5.97. The molecule has 0 saturated carbocycles. The number of nitrogens with zero attached hydrogens (tertiary/aromatic N) is 4. The molecule has 0 amide bonds. The second kappa shape index (κ2) is 8.54. The van der Waals surface area contributed by atoms with Crippen LogP contribution in [0.5, 0.6) is 0 Å². The summed E-state index contributed by atoms with van der Waals surface area (Å²) < 4.78 is 0. The van der Waals surface area contributed by atoms with Crippen molar-refractivity contribution >= 4 is 22.7 Å². The van der Waals surface area contributed by atoms with E-state index in [0.29, 0.717) is 0 Å². The summed E-state index contributed by atoms with van der Waals surface area (Å²) in [5.74, 6) is 0. The molecule has 6 heteroatoms. The topological polar surface area (TPSA) is 51.6 Å². The molecule has 1 aliphatic rings. The molecular weight excluding hydrogens is 493 g/mol. The van der Waals surface area contributed by atoms with Crippen LogP contribution in [0.25, 0.3) is 54.5 Å². The maximum absolute atomic E-state index is 4.51. The summed E-state index contributed by atoms with van der Waals surface area (Å²) in [5.41, 5.74) is 11.8. The normalized spacial score (nSPS) is 13.4. The molecule has 0 aliphatic heterocycles. The molecule has 37 heavy (non-hydrogen) atoms. The number of benzene rings is 2. The van der Waals surface area contributed by atoms with Gasteiger partial charge in [-0.3, -0.25) is 9.97 Å². The number of fused-ring (bicyclic) bond motifs is 3. The van der Waals surface area contributed by atoms with E-state index in [2.05, 4.69) is 82.3 Å². The maximum atomic E-state index is 4.51. The standard InChI is InChI=1S/C31H22N4S2/c1-31(2)27-13-19(21-11-23(17-32-15-21)29-34-7-9-36-29)3-5-25(27)26-6-4-20(14-28(26)31)22-12-24(18-33-16-22)30-35-8-10-37-30/h3-18H,1-2H3. The Morgan fingerprint density at radius 3 is 1.43 bits per heavy atom. The van der Waals surface area contributed by atoms with E-state index in [1.54, 1.807) is 22.7 Å². The van der Waals surface area contributed by atoms with E-state index in [0.717, 1.165) is 32.3 Å². The minimum Gasteiger partial charge on any atom is -0.263 e. The van der Waals surface area contributed by atoms with Crippen LogP contribution in [0.2, 0.25) is 0 Å². The molecule has 0 atom stereocenters. The van der Waals surface area contributed by atoms with Gasteiger partial charge in [0.2, 0.25) is 0 Å². The van der Waals surface area contributed by atoms with Crippen molar-refractivity contribution < 1.29 is 0 Å². The van der Waals surface area contributed by atoms with Crippen LogP contribution < -0.4 is 0 Å². The maximum Gasteiger partial charge on any atom is 0.124 e. The first-order chi connectivity index (χ1) is 18.1. The first kappa shape index (κ1) is 22.2. The van der Waals surface area contributed by atoms with E-state index in [-0.39, 0.29) is 5.41 Å². The van der Waals surface area contributed by atoms with Gasteiger partial charge in [-0.15, -0.1) is 22.7 Å². The Morgan fingerprint density at radius 1 is 0.541 bits per heavy atom. The summed E-state index contributed by atoms with van der Waals surface area (Å²) in [4.78, 5) is 17.9. The molecule has 2 aromatic carbocycles. The number of thiazole rings is 2. The van der Waals surface area contributed by atoms with Crippen molar-refractivity contribution in [1.29, 1.82) is 0 Å². The van der Waals surface area contributed by atoms with E-state index in [4.69, 9.17) is 0 Å². The molecule has 0 saturated heterocycles. The molecule has 0 spiro atoms. The van der Waals surface area contributed by atoms with Crippen LogP contribution in [0.15, 0.2) is 96.5 Å². The van der Waals surface area contributed by atoms with Crippen LogP contribution in [0.4, 0.5) is 0 Å². The highest BCUT2D eigenvalue weighted by Crippen LogP contribution is 2.50. The number of pyridine rings is 2. The van der Waals surface area contributed by atoms with Gasteiger partial charge in [-0.05, 0) is 57.6 Å². The van der Waals surface area contributed by atoms with Gasteiger partial charge in [-0.25, -0.2) is 9.97 Å². The van der Waals surface area contributed by atoms with Gasteiger partial charge in [-0.1, -0.05) is 38.1 Å². The average Bonchev–Trinajstić information content (AvgIpc) is 3.71. The molecule has 4 nitrogen and oxygen atoms in total. The fourth-order valence-electron chi connectivity index (χ4n) is 5.26. The monoisotopic (exact) mass is 514 g/mol. The molecule has 0 fully saturated rings. The smallest absolute Gasteiger partial charge is 0.124 e. The van der Waals surface area contributed by atoms with Crippen molar-refractivity contribution in [2.45, 2.75) is 19.3 Å². The molecule has 4 heterocycles. The zero-order valence-corrected chi connectivity index (χ0v) is 22.0. The molecule has 0 unspecified atom stereocenters. The average molecular weight is 515 g/mol. The van der Waals surface area contributed by atoms with Gasteiger partial charge < -0.3 is 0 Å². The number of rotatable bonds is 4. The summed E-state index contributed by atoms with van der Waals surface area (Å²) in [7, 11) is 0. The lowest BCUT2D eigenvalue weighted by Gasteiger charge is -2.22. The third-order valence-corrected chi connectivity index (χ3v) is 8.82. The molecule has 0 bridgehead atoms. The lowest BCUT2D eigenvalue weighted by Crippen LogP contribution is -2.15. The Hall–Kier alpha value is -4.00. The minimum atomic E-state index is -0.128. The molecular formula is C31H22N4S2. The first-order valence-corrected chi connectivity index (χ1v) is 13.8. The summed E-state index contributed by atoms with van der Waals surface area (Å²) >= 11 is 3.26.